The molecule has 1 aliphatic rings. The lowest BCUT2D eigenvalue weighted by Crippen LogP contribution is -2.48. The van der Waals surface area contributed by atoms with Gasteiger partial charge in [-0.3, -0.25) is 9.69 Å². The first kappa shape index (κ1) is 11.4. The maximum Gasteiger partial charge on any atom is 0.233 e. The summed E-state index contributed by atoms with van der Waals surface area (Å²) in [5, 5.41) is 2.78. The lowest BCUT2D eigenvalue weighted by atomic mass is 10.2. The molecule has 5 heteroatoms. The molecule has 1 amide bonds. The van der Waals surface area contributed by atoms with Crippen molar-refractivity contribution in [2.24, 2.45) is 5.73 Å². The number of carbonyl (C=O) groups is 1. The van der Waals surface area contributed by atoms with Crippen molar-refractivity contribution in [2.45, 2.75) is 13.0 Å². The van der Waals surface area contributed by atoms with Crippen LogP contribution in [0.1, 0.15) is 6.92 Å². The molecule has 14 heavy (non-hydrogen) atoms. The van der Waals surface area contributed by atoms with Crippen LogP contribution in [0.2, 0.25) is 0 Å². The van der Waals surface area contributed by atoms with Crippen LogP contribution in [0.3, 0.4) is 0 Å². The first-order valence-corrected chi connectivity index (χ1v) is 5.02. The van der Waals surface area contributed by atoms with Crippen LogP contribution in [-0.4, -0.2) is 56.2 Å². The van der Waals surface area contributed by atoms with Gasteiger partial charge in [-0.2, -0.15) is 0 Å². The minimum absolute atomic E-state index is 0.0653. The topological polar surface area (TPSA) is 67.6 Å². The van der Waals surface area contributed by atoms with Gasteiger partial charge in [0, 0.05) is 25.7 Å². The third-order valence-corrected chi connectivity index (χ3v) is 2.45. The average Bonchev–Trinajstić information content (AvgIpc) is 2.26. The quantitative estimate of drug-likeness (QED) is 0.598. The summed E-state index contributed by atoms with van der Waals surface area (Å²) in [4.78, 5) is 13.2. The Hall–Kier alpha value is -0.650. The fraction of sp³-hybridized carbons (Fsp3) is 0.889. The van der Waals surface area contributed by atoms with Crippen molar-refractivity contribution in [1.82, 2.24) is 10.2 Å². The Morgan fingerprint density at radius 2 is 2.21 bits per heavy atom. The van der Waals surface area contributed by atoms with Crippen molar-refractivity contribution < 1.29 is 9.53 Å². The zero-order chi connectivity index (χ0) is 10.4. The number of rotatable bonds is 4. The summed E-state index contributed by atoms with van der Waals surface area (Å²) in [5.41, 5.74) is 5.19. The highest BCUT2D eigenvalue weighted by Crippen LogP contribution is 2.02. The Bertz CT molecular complexity index is 181. The van der Waals surface area contributed by atoms with Gasteiger partial charge in [0.2, 0.25) is 5.91 Å². The lowest BCUT2D eigenvalue weighted by molar-refractivity contribution is -0.120. The molecule has 3 N–H and O–H groups in total. The molecule has 0 aromatic rings. The van der Waals surface area contributed by atoms with E-state index in [0.717, 1.165) is 26.3 Å². The van der Waals surface area contributed by atoms with E-state index in [4.69, 9.17) is 10.5 Å². The largest absolute Gasteiger partial charge is 0.379 e. The Morgan fingerprint density at radius 1 is 1.57 bits per heavy atom. The maximum absolute atomic E-state index is 10.9. The molecule has 0 aromatic heterocycles. The maximum atomic E-state index is 10.9. The predicted octanol–water partition coefficient (Wildman–Crippen LogP) is -1.22. The highest BCUT2D eigenvalue weighted by Gasteiger charge is 2.16. The van der Waals surface area contributed by atoms with Gasteiger partial charge in [0.15, 0.2) is 0 Å². The van der Waals surface area contributed by atoms with Crippen molar-refractivity contribution in [3.8, 4) is 0 Å². The van der Waals surface area contributed by atoms with Gasteiger partial charge in [0.25, 0.3) is 0 Å². The van der Waals surface area contributed by atoms with Crippen molar-refractivity contribution in [3.05, 3.63) is 0 Å². The molecule has 1 rings (SSSR count). The molecule has 5 nitrogen and oxygen atoms in total. The smallest absolute Gasteiger partial charge is 0.233 e. The molecule has 1 saturated heterocycles. The van der Waals surface area contributed by atoms with Crippen LogP contribution >= 0.6 is 0 Å². The van der Waals surface area contributed by atoms with Gasteiger partial charge in [0.05, 0.1) is 19.8 Å². The Labute approximate surface area is 84.6 Å². The number of hydrogen-bond donors (Lipinski definition) is 2. The van der Waals surface area contributed by atoms with Crippen LogP contribution in [0.15, 0.2) is 0 Å². The summed E-state index contributed by atoms with van der Waals surface area (Å²) in [6.07, 6.45) is 0. The molecule has 0 radical (unpaired) electrons. The zero-order valence-electron chi connectivity index (χ0n) is 8.66. The number of hydrogen-bond acceptors (Lipinski definition) is 4. The third kappa shape index (κ3) is 3.61. The summed E-state index contributed by atoms with van der Waals surface area (Å²) in [5.74, 6) is -0.0925. The molecule has 0 aromatic carbocycles. The number of nitrogens with one attached hydrogen (secondary N) is 1. The molecular formula is C9H19N3O2. The second-order valence-corrected chi connectivity index (χ2v) is 3.51. The molecule has 1 aliphatic heterocycles. The van der Waals surface area contributed by atoms with E-state index in [1.165, 1.54) is 0 Å². The molecule has 0 bridgehead atoms. The molecule has 1 atom stereocenters. The van der Waals surface area contributed by atoms with E-state index in [0.29, 0.717) is 12.6 Å². The van der Waals surface area contributed by atoms with Gasteiger partial charge >= 0.3 is 0 Å². The zero-order valence-corrected chi connectivity index (χ0v) is 8.66. The molecule has 0 spiro atoms. The molecule has 1 unspecified atom stereocenters. The molecule has 1 fully saturated rings. The molecule has 1 heterocycles. The number of carbonyl (C=O) groups excluding carboxylic acids is 1. The predicted molar refractivity (Wildman–Crippen MR) is 53.9 cm³/mol. The number of amides is 1. The monoisotopic (exact) mass is 201 g/mol. The van der Waals surface area contributed by atoms with E-state index in [2.05, 4.69) is 17.1 Å². The van der Waals surface area contributed by atoms with E-state index >= 15 is 0 Å². The van der Waals surface area contributed by atoms with Crippen LogP contribution in [0.25, 0.3) is 0 Å². The van der Waals surface area contributed by atoms with Crippen LogP contribution in [-0.2, 0) is 9.53 Å². The SMILES string of the molecule is CC(CNC(=O)CN)N1CCOCC1. The minimum Gasteiger partial charge on any atom is -0.379 e. The number of nitrogens with two attached hydrogens (primary N) is 1. The van der Waals surface area contributed by atoms with Crippen LogP contribution in [0, 0.1) is 0 Å². The van der Waals surface area contributed by atoms with Gasteiger partial charge in [-0.05, 0) is 6.92 Å². The van der Waals surface area contributed by atoms with Crippen molar-refractivity contribution in [3.63, 3.8) is 0 Å². The fourth-order valence-corrected chi connectivity index (χ4v) is 1.48. The second-order valence-electron chi connectivity index (χ2n) is 3.51. The Kier molecular flexibility index (Phi) is 4.86. The van der Waals surface area contributed by atoms with E-state index in [1.807, 2.05) is 0 Å². The molecular weight excluding hydrogens is 182 g/mol. The number of morpholine rings is 1. The average molecular weight is 201 g/mol. The first-order valence-electron chi connectivity index (χ1n) is 5.02. The van der Waals surface area contributed by atoms with Gasteiger partial charge in [-0.25, -0.2) is 0 Å². The normalized spacial score (nSPS) is 20.4. The summed E-state index contributed by atoms with van der Waals surface area (Å²) >= 11 is 0. The summed E-state index contributed by atoms with van der Waals surface area (Å²) in [6, 6.07) is 0.356. The van der Waals surface area contributed by atoms with Gasteiger partial charge in [-0.15, -0.1) is 0 Å². The van der Waals surface area contributed by atoms with Crippen molar-refractivity contribution in [1.29, 1.82) is 0 Å². The van der Waals surface area contributed by atoms with Gasteiger partial charge in [0.1, 0.15) is 0 Å². The number of ether oxygens (including phenoxy) is 1. The standard InChI is InChI=1S/C9H19N3O2/c1-8(7-11-9(13)6-10)12-2-4-14-5-3-12/h8H,2-7,10H2,1H3,(H,11,13). The van der Waals surface area contributed by atoms with Crippen molar-refractivity contribution in [2.75, 3.05) is 39.4 Å². The first-order chi connectivity index (χ1) is 6.74. The highest BCUT2D eigenvalue weighted by molar-refractivity contribution is 5.77. The van der Waals surface area contributed by atoms with Crippen LogP contribution in [0.4, 0.5) is 0 Å². The number of nitrogens with zero attached hydrogens (tertiary/aromatic N) is 1. The Morgan fingerprint density at radius 3 is 2.79 bits per heavy atom. The second kappa shape index (κ2) is 5.95. The molecule has 82 valence electrons. The van der Waals surface area contributed by atoms with Crippen LogP contribution in [0.5, 0.6) is 0 Å². The third-order valence-electron chi connectivity index (χ3n) is 2.45. The van der Waals surface area contributed by atoms with E-state index in [9.17, 15) is 4.79 Å². The van der Waals surface area contributed by atoms with Gasteiger partial charge < -0.3 is 15.8 Å². The molecule has 0 aliphatic carbocycles. The van der Waals surface area contributed by atoms with Crippen LogP contribution < -0.4 is 11.1 Å². The van der Waals surface area contributed by atoms with E-state index in [1.54, 1.807) is 0 Å². The fourth-order valence-electron chi connectivity index (χ4n) is 1.48. The van der Waals surface area contributed by atoms with E-state index < -0.39 is 0 Å². The summed E-state index contributed by atoms with van der Waals surface area (Å²) < 4.78 is 5.25. The Balaban J connectivity index is 2.19. The summed E-state index contributed by atoms with van der Waals surface area (Å²) in [6.45, 7) is 6.29. The van der Waals surface area contributed by atoms with Gasteiger partial charge in [-0.1, -0.05) is 0 Å². The lowest BCUT2D eigenvalue weighted by Gasteiger charge is -2.32. The van der Waals surface area contributed by atoms with Crippen molar-refractivity contribution >= 4 is 5.91 Å². The minimum atomic E-state index is -0.0925. The molecule has 0 saturated carbocycles. The van der Waals surface area contributed by atoms with E-state index in [-0.39, 0.29) is 12.5 Å². The highest BCUT2D eigenvalue weighted by atomic mass is 16.5. The summed E-state index contributed by atoms with van der Waals surface area (Å²) in [7, 11) is 0.